The van der Waals surface area contributed by atoms with Gasteiger partial charge < -0.3 is 0 Å². The third kappa shape index (κ3) is 3.86. The standard InChI is InChI=1S/C8H8N2O4S/c1-15(13)14-9-6-7-2-4-8(5-3-7)10(11)12/h2-6H,1H3. The summed E-state index contributed by atoms with van der Waals surface area (Å²) in [6.07, 6.45) is 2.66. The first-order valence-corrected chi connectivity index (χ1v) is 5.36. The predicted molar refractivity (Wildman–Crippen MR) is 55.8 cm³/mol. The van der Waals surface area contributed by atoms with E-state index in [0.717, 1.165) is 0 Å². The Balaban J connectivity index is 2.68. The van der Waals surface area contributed by atoms with E-state index in [2.05, 4.69) is 9.44 Å². The lowest BCUT2D eigenvalue weighted by Crippen LogP contribution is -1.90. The van der Waals surface area contributed by atoms with E-state index in [1.54, 1.807) is 0 Å². The zero-order chi connectivity index (χ0) is 11.3. The molecule has 0 radical (unpaired) electrons. The van der Waals surface area contributed by atoms with E-state index in [1.165, 1.54) is 36.7 Å². The molecule has 0 N–H and O–H groups in total. The molecule has 1 aromatic carbocycles. The third-order valence-electron chi connectivity index (χ3n) is 1.45. The summed E-state index contributed by atoms with van der Waals surface area (Å²) in [4.78, 5) is 9.84. The molecule has 1 aromatic rings. The molecule has 0 spiro atoms. The van der Waals surface area contributed by atoms with Crippen molar-refractivity contribution in [3.63, 3.8) is 0 Å². The fraction of sp³-hybridized carbons (Fsp3) is 0.125. The molecule has 0 fully saturated rings. The molecule has 1 unspecified atom stereocenters. The number of hydrogen-bond acceptors (Lipinski definition) is 5. The minimum atomic E-state index is -1.46. The molecular weight excluding hydrogens is 220 g/mol. The largest absolute Gasteiger partial charge is 0.293 e. The van der Waals surface area contributed by atoms with E-state index in [4.69, 9.17) is 0 Å². The van der Waals surface area contributed by atoms with Crippen molar-refractivity contribution in [1.82, 2.24) is 0 Å². The smallest absolute Gasteiger partial charge is 0.269 e. The molecule has 0 aromatic heterocycles. The van der Waals surface area contributed by atoms with Gasteiger partial charge in [-0.25, -0.2) is 4.21 Å². The van der Waals surface area contributed by atoms with Gasteiger partial charge in [-0.2, -0.15) is 0 Å². The van der Waals surface area contributed by atoms with Gasteiger partial charge in [-0.15, -0.1) is 0 Å². The highest BCUT2D eigenvalue weighted by Crippen LogP contribution is 2.10. The summed E-state index contributed by atoms with van der Waals surface area (Å²) in [5, 5.41) is 13.7. The van der Waals surface area contributed by atoms with Crippen LogP contribution in [0.1, 0.15) is 5.56 Å². The fourth-order valence-corrected chi connectivity index (χ4v) is 0.989. The van der Waals surface area contributed by atoms with E-state index in [9.17, 15) is 14.3 Å². The van der Waals surface area contributed by atoms with Crippen molar-refractivity contribution in [2.24, 2.45) is 5.16 Å². The summed E-state index contributed by atoms with van der Waals surface area (Å²) in [5.74, 6) is 0. The second-order valence-electron chi connectivity index (χ2n) is 2.56. The van der Waals surface area contributed by atoms with Gasteiger partial charge in [0.2, 0.25) is 11.1 Å². The Bertz CT molecular complexity index is 402. The van der Waals surface area contributed by atoms with Crippen LogP contribution in [0, 0.1) is 10.1 Å². The second kappa shape index (κ2) is 5.20. The van der Waals surface area contributed by atoms with Gasteiger partial charge in [-0.3, -0.25) is 14.4 Å². The van der Waals surface area contributed by atoms with E-state index in [-0.39, 0.29) is 5.69 Å². The van der Waals surface area contributed by atoms with Crippen molar-refractivity contribution in [2.45, 2.75) is 0 Å². The van der Waals surface area contributed by atoms with Gasteiger partial charge in [0.25, 0.3) is 5.69 Å². The molecule has 0 heterocycles. The topological polar surface area (TPSA) is 81.8 Å². The fourth-order valence-electron chi connectivity index (χ4n) is 0.825. The zero-order valence-electron chi connectivity index (χ0n) is 7.82. The number of nitro groups is 1. The number of benzene rings is 1. The molecule has 0 amide bonds. The quantitative estimate of drug-likeness (QED) is 0.441. The van der Waals surface area contributed by atoms with Crippen LogP contribution in [-0.4, -0.2) is 21.6 Å². The summed E-state index contributed by atoms with van der Waals surface area (Å²) in [5.41, 5.74) is 0.637. The minimum Gasteiger partial charge on any atom is -0.293 e. The van der Waals surface area contributed by atoms with Gasteiger partial charge in [-0.1, -0.05) is 5.16 Å². The first kappa shape index (κ1) is 11.3. The molecule has 0 aliphatic rings. The summed E-state index contributed by atoms with van der Waals surface area (Å²) >= 11 is -1.46. The highest BCUT2D eigenvalue weighted by molar-refractivity contribution is 7.79. The molecule has 80 valence electrons. The summed E-state index contributed by atoms with van der Waals surface area (Å²) < 4.78 is 14.9. The molecule has 1 rings (SSSR count). The van der Waals surface area contributed by atoms with Crippen LogP contribution in [0.4, 0.5) is 5.69 Å². The Morgan fingerprint density at radius 2 is 2.07 bits per heavy atom. The highest BCUT2D eigenvalue weighted by atomic mass is 32.2. The maximum absolute atomic E-state index is 10.5. The van der Waals surface area contributed by atoms with Crippen LogP contribution in [0.3, 0.4) is 0 Å². The molecule has 0 saturated carbocycles. The molecule has 0 bridgehead atoms. The lowest BCUT2D eigenvalue weighted by Gasteiger charge is -1.93. The predicted octanol–water partition coefficient (Wildman–Crippen LogP) is 1.24. The average Bonchev–Trinajstić information content (AvgIpc) is 2.18. The molecule has 0 aliphatic carbocycles. The second-order valence-corrected chi connectivity index (χ2v) is 3.51. The Morgan fingerprint density at radius 1 is 1.47 bits per heavy atom. The molecular formula is C8H8N2O4S. The number of nitro benzene ring substituents is 1. The van der Waals surface area contributed by atoms with Crippen molar-refractivity contribution < 1.29 is 13.4 Å². The highest BCUT2D eigenvalue weighted by Gasteiger charge is 2.02. The summed E-state index contributed by atoms with van der Waals surface area (Å²) in [6, 6.07) is 5.74. The maximum Gasteiger partial charge on any atom is 0.269 e. The molecule has 0 aliphatic heterocycles. The molecule has 6 nitrogen and oxygen atoms in total. The lowest BCUT2D eigenvalue weighted by molar-refractivity contribution is -0.384. The normalized spacial score (nSPS) is 12.6. The van der Waals surface area contributed by atoms with Crippen LogP contribution in [0.15, 0.2) is 29.4 Å². The molecule has 0 saturated heterocycles. The van der Waals surface area contributed by atoms with Crippen LogP contribution in [0.2, 0.25) is 0 Å². The third-order valence-corrected chi connectivity index (χ3v) is 1.75. The molecule has 7 heteroatoms. The van der Waals surface area contributed by atoms with Crippen molar-refractivity contribution in [3.05, 3.63) is 39.9 Å². The Labute approximate surface area is 88.4 Å². The van der Waals surface area contributed by atoms with Crippen molar-refractivity contribution >= 4 is 23.0 Å². The number of oxime groups is 1. The first-order chi connectivity index (χ1) is 7.09. The Morgan fingerprint density at radius 3 is 2.53 bits per heavy atom. The van der Waals surface area contributed by atoms with E-state index in [1.807, 2.05) is 0 Å². The van der Waals surface area contributed by atoms with Crippen LogP contribution in [0.25, 0.3) is 0 Å². The van der Waals surface area contributed by atoms with Crippen LogP contribution in [-0.2, 0) is 15.4 Å². The van der Waals surface area contributed by atoms with Crippen molar-refractivity contribution in [3.8, 4) is 0 Å². The number of rotatable bonds is 4. The van der Waals surface area contributed by atoms with Crippen LogP contribution < -0.4 is 0 Å². The summed E-state index contributed by atoms with van der Waals surface area (Å²) in [7, 11) is 0. The molecule has 15 heavy (non-hydrogen) atoms. The monoisotopic (exact) mass is 228 g/mol. The van der Waals surface area contributed by atoms with E-state index < -0.39 is 16.0 Å². The van der Waals surface area contributed by atoms with Crippen LogP contribution >= 0.6 is 0 Å². The Hall–Kier alpha value is -1.76. The summed E-state index contributed by atoms with van der Waals surface area (Å²) in [6.45, 7) is 0. The maximum atomic E-state index is 10.5. The van der Waals surface area contributed by atoms with Gasteiger partial charge in [-0.05, 0) is 17.7 Å². The first-order valence-electron chi connectivity index (χ1n) is 3.88. The van der Waals surface area contributed by atoms with Gasteiger partial charge >= 0.3 is 0 Å². The number of nitrogens with zero attached hydrogens (tertiary/aromatic N) is 2. The zero-order valence-corrected chi connectivity index (χ0v) is 8.64. The molecule has 1 atom stereocenters. The van der Waals surface area contributed by atoms with Gasteiger partial charge in [0.1, 0.15) is 0 Å². The van der Waals surface area contributed by atoms with E-state index >= 15 is 0 Å². The Kier molecular flexibility index (Phi) is 3.92. The average molecular weight is 228 g/mol. The van der Waals surface area contributed by atoms with Crippen molar-refractivity contribution in [2.75, 3.05) is 6.26 Å². The number of non-ortho nitro benzene ring substituents is 1. The van der Waals surface area contributed by atoms with Gasteiger partial charge in [0.05, 0.1) is 17.4 Å². The van der Waals surface area contributed by atoms with Crippen molar-refractivity contribution in [1.29, 1.82) is 0 Å². The van der Waals surface area contributed by atoms with Crippen LogP contribution in [0.5, 0.6) is 0 Å². The van der Waals surface area contributed by atoms with E-state index in [0.29, 0.717) is 5.56 Å². The SMILES string of the molecule is CS(=O)ON=Cc1ccc([N+](=O)[O-])cc1. The lowest BCUT2D eigenvalue weighted by atomic mass is 10.2. The number of hydrogen-bond donors (Lipinski definition) is 0. The minimum absolute atomic E-state index is 0.00661. The van der Waals surface area contributed by atoms with Gasteiger partial charge in [0, 0.05) is 12.1 Å². The van der Waals surface area contributed by atoms with Gasteiger partial charge in [0.15, 0.2) is 0 Å².